The molecule has 1 saturated heterocycles. The number of piperidine rings is 1. The molecule has 1 aliphatic rings. The summed E-state index contributed by atoms with van der Waals surface area (Å²) in [4.78, 5) is 24.8. The van der Waals surface area contributed by atoms with Crippen molar-refractivity contribution in [2.75, 3.05) is 23.7 Å². The molecule has 0 radical (unpaired) electrons. The standard InChI is InChI=1S/C21H29N5O2.ClH/c1-15(17-7-10-22-11-8-17)13-20(27)24-18-5-3-6-19(14-18)25-21(28)16(2)26-12-4-9-23-26;/h3-6,9,12,14-17,22H,7-8,10-11,13H2,1-2H3,(H,24,27)(H,25,28);1H. The Morgan fingerprint density at radius 3 is 2.52 bits per heavy atom. The van der Waals surface area contributed by atoms with Crippen LogP contribution >= 0.6 is 12.4 Å². The third-order valence-electron chi connectivity index (χ3n) is 5.41. The molecule has 0 spiro atoms. The minimum absolute atomic E-state index is 0. The quantitative estimate of drug-likeness (QED) is 0.641. The number of hydrogen-bond donors (Lipinski definition) is 3. The van der Waals surface area contributed by atoms with Crippen LogP contribution in [0.15, 0.2) is 42.7 Å². The fourth-order valence-corrected chi connectivity index (χ4v) is 3.64. The number of anilines is 2. The first kappa shape index (κ1) is 22.9. The lowest BCUT2D eigenvalue weighted by Crippen LogP contribution is -2.32. The van der Waals surface area contributed by atoms with E-state index in [-0.39, 0.29) is 24.2 Å². The summed E-state index contributed by atoms with van der Waals surface area (Å²) in [5.41, 5.74) is 1.33. The number of nitrogens with one attached hydrogen (secondary N) is 3. The van der Waals surface area contributed by atoms with E-state index in [9.17, 15) is 9.59 Å². The van der Waals surface area contributed by atoms with Gasteiger partial charge >= 0.3 is 0 Å². The molecule has 158 valence electrons. The van der Waals surface area contributed by atoms with E-state index in [4.69, 9.17) is 0 Å². The van der Waals surface area contributed by atoms with E-state index in [2.05, 4.69) is 28.0 Å². The summed E-state index contributed by atoms with van der Waals surface area (Å²) < 4.78 is 1.60. The van der Waals surface area contributed by atoms with Gasteiger partial charge in [-0.15, -0.1) is 12.4 Å². The van der Waals surface area contributed by atoms with Crippen LogP contribution in [0.4, 0.5) is 11.4 Å². The fourth-order valence-electron chi connectivity index (χ4n) is 3.64. The molecule has 2 amide bonds. The van der Waals surface area contributed by atoms with Gasteiger partial charge in [-0.2, -0.15) is 5.10 Å². The Labute approximate surface area is 178 Å². The smallest absolute Gasteiger partial charge is 0.248 e. The molecule has 1 fully saturated rings. The summed E-state index contributed by atoms with van der Waals surface area (Å²) in [6, 6.07) is 8.60. The maximum absolute atomic E-state index is 12.4. The van der Waals surface area contributed by atoms with Crippen LogP contribution in [-0.4, -0.2) is 34.7 Å². The van der Waals surface area contributed by atoms with Crippen molar-refractivity contribution in [1.82, 2.24) is 15.1 Å². The first-order chi connectivity index (χ1) is 13.5. The van der Waals surface area contributed by atoms with Crippen molar-refractivity contribution in [2.24, 2.45) is 11.8 Å². The molecule has 1 aromatic heterocycles. The first-order valence-electron chi connectivity index (χ1n) is 9.93. The maximum Gasteiger partial charge on any atom is 0.248 e. The van der Waals surface area contributed by atoms with E-state index in [1.165, 1.54) is 0 Å². The van der Waals surface area contributed by atoms with Crippen LogP contribution in [0.5, 0.6) is 0 Å². The molecular weight excluding hydrogens is 390 g/mol. The number of benzene rings is 1. The Bertz CT molecular complexity index is 790. The molecular formula is C21H30ClN5O2. The number of nitrogens with zero attached hydrogens (tertiary/aromatic N) is 2. The highest BCUT2D eigenvalue weighted by molar-refractivity contribution is 5.95. The van der Waals surface area contributed by atoms with Gasteiger partial charge in [0, 0.05) is 30.2 Å². The normalized spacial score (nSPS) is 16.3. The third kappa shape index (κ3) is 6.58. The highest BCUT2D eigenvalue weighted by Crippen LogP contribution is 2.25. The van der Waals surface area contributed by atoms with Gasteiger partial charge in [0.1, 0.15) is 6.04 Å². The second kappa shape index (κ2) is 11.0. The van der Waals surface area contributed by atoms with Crippen LogP contribution < -0.4 is 16.0 Å². The number of amides is 2. The fraction of sp³-hybridized carbons (Fsp3) is 0.476. The summed E-state index contributed by atoms with van der Waals surface area (Å²) in [6.07, 6.45) is 6.17. The van der Waals surface area contributed by atoms with Gasteiger partial charge in [-0.3, -0.25) is 14.3 Å². The topological polar surface area (TPSA) is 88.1 Å². The zero-order valence-corrected chi connectivity index (χ0v) is 17.7. The minimum atomic E-state index is -0.418. The van der Waals surface area contributed by atoms with Gasteiger partial charge in [-0.1, -0.05) is 13.0 Å². The van der Waals surface area contributed by atoms with Crippen molar-refractivity contribution < 1.29 is 9.59 Å². The van der Waals surface area contributed by atoms with Gasteiger partial charge in [-0.25, -0.2) is 0 Å². The SMILES string of the molecule is CC(CC(=O)Nc1cccc(NC(=O)C(C)n2cccn2)c1)C1CCNCC1.Cl. The zero-order valence-electron chi connectivity index (χ0n) is 16.9. The molecule has 2 aromatic rings. The van der Waals surface area contributed by atoms with Gasteiger partial charge in [0.25, 0.3) is 0 Å². The van der Waals surface area contributed by atoms with Gasteiger partial charge in [0.05, 0.1) is 0 Å². The molecule has 3 N–H and O–H groups in total. The lowest BCUT2D eigenvalue weighted by molar-refractivity contribution is -0.119. The van der Waals surface area contributed by atoms with Crippen molar-refractivity contribution in [2.45, 2.75) is 39.2 Å². The van der Waals surface area contributed by atoms with E-state index < -0.39 is 6.04 Å². The summed E-state index contributed by atoms with van der Waals surface area (Å²) in [5.74, 6) is 0.812. The summed E-state index contributed by atoms with van der Waals surface area (Å²) in [6.45, 7) is 6.02. The van der Waals surface area contributed by atoms with Crippen LogP contribution in [0, 0.1) is 11.8 Å². The molecule has 7 nitrogen and oxygen atoms in total. The number of hydrogen-bond acceptors (Lipinski definition) is 4. The van der Waals surface area contributed by atoms with E-state index >= 15 is 0 Å². The molecule has 1 aliphatic heterocycles. The summed E-state index contributed by atoms with van der Waals surface area (Å²) >= 11 is 0. The van der Waals surface area contributed by atoms with E-state index in [0.717, 1.165) is 25.9 Å². The van der Waals surface area contributed by atoms with E-state index in [1.54, 1.807) is 42.2 Å². The van der Waals surface area contributed by atoms with Crippen molar-refractivity contribution >= 4 is 35.6 Å². The Morgan fingerprint density at radius 1 is 1.17 bits per heavy atom. The molecule has 1 aromatic carbocycles. The number of carbonyl (C=O) groups excluding carboxylic acids is 2. The first-order valence-corrected chi connectivity index (χ1v) is 9.93. The third-order valence-corrected chi connectivity index (χ3v) is 5.41. The van der Waals surface area contributed by atoms with Crippen molar-refractivity contribution in [3.8, 4) is 0 Å². The average molecular weight is 420 g/mol. The number of rotatable bonds is 7. The molecule has 3 rings (SSSR count). The monoisotopic (exact) mass is 419 g/mol. The van der Waals surface area contributed by atoms with Gasteiger partial charge < -0.3 is 16.0 Å². The maximum atomic E-state index is 12.4. The van der Waals surface area contributed by atoms with Crippen LogP contribution in [-0.2, 0) is 9.59 Å². The van der Waals surface area contributed by atoms with Crippen molar-refractivity contribution in [1.29, 1.82) is 0 Å². The second-order valence-corrected chi connectivity index (χ2v) is 7.55. The summed E-state index contributed by atoms with van der Waals surface area (Å²) in [5, 5.41) is 13.3. The Hall–Kier alpha value is -2.38. The number of aromatic nitrogens is 2. The van der Waals surface area contributed by atoms with Crippen LogP contribution in [0.2, 0.25) is 0 Å². The van der Waals surface area contributed by atoms with Crippen LogP contribution in [0.3, 0.4) is 0 Å². The average Bonchev–Trinajstić information content (AvgIpc) is 3.23. The van der Waals surface area contributed by atoms with Crippen molar-refractivity contribution in [3.63, 3.8) is 0 Å². The molecule has 29 heavy (non-hydrogen) atoms. The summed E-state index contributed by atoms with van der Waals surface area (Å²) in [7, 11) is 0. The Kier molecular flexibility index (Phi) is 8.67. The van der Waals surface area contributed by atoms with Crippen molar-refractivity contribution in [3.05, 3.63) is 42.7 Å². The molecule has 2 atom stereocenters. The lowest BCUT2D eigenvalue weighted by Gasteiger charge is -2.27. The Morgan fingerprint density at radius 2 is 1.86 bits per heavy atom. The van der Waals surface area contributed by atoms with E-state index in [1.807, 2.05) is 12.1 Å². The van der Waals surface area contributed by atoms with E-state index in [0.29, 0.717) is 29.6 Å². The molecule has 0 saturated carbocycles. The highest BCUT2D eigenvalue weighted by atomic mass is 35.5. The molecule has 0 bridgehead atoms. The van der Waals surface area contributed by atoms with Crippen LogP contribution in [0.25, 0.3) is 0 Å². The predicted octanol–water partition coefficient (Wildman–Crippen LogP) is 3.47. The van der Waals surface area contributed by atoms with Crippen LogP contribution in [0.1, 0.15) is 39.2 Å². The van der Waals surface area contributed by atoms with Gasteiger partial charge in [-0.05, 0) is 69.0 Å². The Balaban J connectivity index is 0.00000300. The molecule has 8 heteroatoms. The lowest BCUT2D eigenvalue weighted by atomic mass is 9.84. The molecule has 0 aliphatic carbocycles. The van der Waals surface area contributed by atoms with Gasteiger partial charge in [0.2, 0.25) is 11.8 Å². The molecule has 2 heterocycles. The predicted molar refractivity (Wildman–Crippen MR) is 117 cm³/mol. The number of halogens is 1. The second-order valence-electron chi connectivity index (χ2n) is 7.55. The van der Waals surface area contributed by atoms with Gasteiger partial charge in [0.15, 0.2) is 0 Å². The highest BCUT2D eigenvalue weighted by Gasteiger charge is 2.22. The largest absolute Gasteiger partial charge is 0.326 e. The molecule has 2 unspecified atom stereocenters. The zero-order chi connectivity index (χ0) is 19.9. The minimum Gasteiger partial charge on any atom is -0.326 e. The number of carbonyl (C=O) groups is 2.